The van der Waals surface area contributed by atoms with Gasteiger partial charge in [-0.2, -0.15) is 5.10 Å². The fourth-order valence-corrected chi connectivity index (χ4v) is 1.89. The van der Waals surface area contributed by atoms with Crippen LogP contribution in [0.3, 0.4) is 0 Å². The van der Waals surface area contributed by atoms with Crippen molar-refractivity contribution in [2.45, 2.75) is 13.8 Å². The lowest BCUT2D eigenvalue weighted by molar-refractivity contribution is 0.0518. The highest BCUT2D eigenvalue weighted by Crippen LogP contribution is 2.22. The lowest BCUT2D eigenvalue weighted by atomic mass is 10.2. The Balaban J connectivity index is 2.49. The van der Waals surface area contributed by atoms with Crippen LogP contribution in [0.25, 0.3) is 5.69 Å². The number of nitrogens with two attached hydrogens (primary N) is 1. The molecule has 0 unspecified atom stereocenters. The highest BCUT2D eigenvalue weighted by molar-refractivity contribution is 6.30. The number of ether oxygens (including phenoxy) is 1. The molecule has 1 aromatic carbocycles. The van der Waals surface area contributed by atoms with Gasteiger partial charge in [-0.25, -0.2) is 9.48 Å². The summed E-state index contributed by atoms with van der Waals surface area (Å²) in [6.07, 6.45) is 0. The van der Waals surface area contributed by atoms with E-state index in [1.54, 1.807) is 32.0 Å². The van der Waals surface area contributed by atoms with E-state index in [0.29, 0.717) is 28.7 Å². The second-order valence-electron chi connectivity index (χ2n) is 3.97. The summed E-state index contributed by atoms with van der Waals surface area (Å²) in [5, 5.41) is 4.77. The van der Waals surface area contributed by atoms with Crippen LogP contribution in [0, 0.1) is 6.92 Å². The van der Waals surface area contributed by atoms with Gasteiger partial charge in [0.1, 0.15) is 5.82 Å². The molecule has 0 saturated carbocycles. The molecule has 1 aromatic heterocycles. The molecule has 2 rings (SSSR count). The Morgan fingerprint density at radius 2 is 2.26 bits per heavy atom. The molecule has 0 bridgehead atoms. The SMILES string of the molecule is CCOC(=O)c1nn(-c2cccc(Cl)c2)c(N)c1C. The van der Waals surface area contributed by atoms with Crippen LogP contribution in [0.2, 0.25) is 5.02 Å². The molecule has 0 fully saturated rings. The first-order chi connectivity index (χ1) is 9.04. The lowest BCUT2D eigenvalue weighted by Crippen LogP contribution is -2.07. The molecule has 0 saturated heterocycles. The van der Waals surface area contributed by atoms with Gasteiger partial charge in [0.25, 0.3) is 0 Å². The Morgan fingerprint density at radius 1 is 1.53 bits per heavy atom. The van der Waals surface area contributed by atoms with Crippen LogP contribution < -0.4 is 5.73 Å². The van der Waals surface area contributed by atoms with E-state index in [1.807, 2.05) is 6.07 Å². The average molecular weight is 280 g/mol. The van der Waals surface area contributed by atoms with Crippen molar-refractivity contribution in [3.05, 3.63) is 40.5 Å². The molecule has 1 heterocycles. The van der Waals surface area contributed by atoms with Gasteiger partial charge >= 0.3 is 5.97 Å². The fraction of sp³-hybridized carbons (Fsp3) is 0.231. The van der Waals surface area contributed by atoms with Crippen LogP contribution in [-0.2, 0) is 4.74 Å². The van der Waals surface area contributed by atoms with E-state index in [-0.39, 0.29) is 5.69 Å². The number of hydrogen-bond acceptors (Lipinski definition) is 4. The molecule has 0 spiro atoms. The second-order valence-corrected chi connectivity index (χ2v) is 4.41. The molecule has 0 radical (unpaired) electrons. The molecule has 0 atom stereocenters. The van der Waals surface area contributed by atoms with Crippen LogP contribution in [-0.4, -0.2) is 22.4 Å². The van der Waals surface area contributed by atoms with E-state index in [4.69, 9.17) is 22.1 Å². The molecule has 0 aliphatic carbocycles. The van der Waals surface area contributed by atoms with Gasteiger partial charge in [-0.05, 0) is 32.0 Å². The summed E-state index contributed by atoms with van der Waals surface area (Å²) in [6.45, 7) is 3.77. The molecule has 100 valence electrons. The average Bonchev–Trinajstić information content (AvgIpc) is 2.67. The number of esters is 1. The number of hydrogen-bond donors (Lipinski definition) is 1. The number of carbonyl (C=O) groups is 1. The number of anilines is 1. The third-order valence-electron chi connectivity index (χ3n) is 2.69. The highest BCUT2D eigenvalue weighted by Gasteiger charge is 2.20. The molecule has 2 aromatic rings. The summed E-state index contributed by atoms with van der Waals surface area (Å²) in [5.74, 6) is -0.0854. The number of nitrogens with zero attached hydrogens (tertiary/aromatic N) is 2. The van der Waals surface area contributed by atoms with E-state index in [1.165, 1.54) is 4.68 Å². The Kier molecular flexibility index (Phi) is 3.76. The van der Waals surface area contributed by atoms with Gasteiger partial charge < -0.3 is 10.5 Å². The van der Waals surface area contributed by atoms with Crippen molar-refractivity contribution in [1.82, 2.24) is 9.78 Å². The molecule has 0 aliphatic heterocycles. The Labute approximate surface area is 115 Å². The van der Waals surface area contributed by atoms with Crippen molar-refractivity contribution in [1.29, 1.82) is 0 Å². The van der Waals surface area contributed by atoms with Crippen LogP contribution in [0.4, 0.5) is 5.82 Å². The standard InChI is InChI=1S/C13H14ClN3O2/c1-3-19-13(18)11-8(2)12(15)17(16-11)10-6-4-5-9(14)7-10/h4-7H,3,15H2,1-2H3. The maximum Gasteiger partial charge on any atom is 0.359 e. The van der Waals surface area contributed by atoms with Gasteiger partial charge in [-0.3, -0.25) is 0 Å². The maximum absolute atomic E-state index is 11.7. The van der Waals surface area contributed by atoms with Gasteiger partial charge in [-0.1, -0.05) is 17.7 Å². The monoisotopic (exact) mass is 279 g/mol. The maximum atomic E-state index is 11.7. The zero-order chi connectivity index (χ0) is 14.0. The summed E-state index contributed by atoms with van der Waals surface area (Å²) in [4.78, 5) is 11.7. The topological polar surface area (TPSA) is 70.1 Å². The van der Waals surface area contributed by atoms with Gasteiger partial charge in [0.05, 0.1) is 12.3 Å². The van der Waals surface area contributed by atoms with Crippen LogP contribution in [0.5, 0.6) is 0 Å². The number of carbonyl (C=O) groups excluding carboxylic acids is 1. The molecular formula is C13H14ClN3O2. The van der Waals surface area contributed by atoms with Crippen molar-refractivity contribution >= 4 is 23.4 Å². The molecule has 5 nitrogen and oxygen atoms in total. The molecule has 19 heavy (non-hydrogen) atoms. The summed E-state index contributed by atoms with van der Waals surface area (Å²) in [7, 11) is 0. The third kappa shape index (κ3) is 2.56. The molecular weight excluding hydrogens is 266 g/mol. The predicted molar refractivity (Wildman–Crippen MR) is 73.7 cm³/mol. The first kappa shape index (κ1) is 13.4. The van der Waals surface area contributed by atoms with E-state index in [2.05, 4.69) is 5.10 Å². The number of aromatic nitrogens is 2. The quantitative estimate of drug-likeness (QED) is 0.877. The number of benzene rings is 1. The summed E-state index contributed by atoms with van der Waals surface area (Å²) < 4.78 is 6.42. The smallest absolute Gasteiger partial charge is 0.359 e. The Hall–Kier alpha value is -2.01. The first-order valence-electron chi connectivity index (χ1n) is 5.82. The van der Waals surface area contributed by atoms with Crippen LogP contribution in [0.15, 0.2) is 24.3 Å². The summed E-state index contributed by atoms with van der Waals surface area (Å²) in [6, 6.07) is 7.07. The van der Waals surface area contributed by atoms with Gasteiger partial charge in [0.2, 0.25) is 0 Å². The summed E-state index contributed by atoms with van der Waals surface area (Å²) >= 11 is 5.93. The number of nitrogen functional groups attached to an aromatic ring is 1. The predicted octanol–water partition coefficient (Wildman–Crippen LogP) is 2.59. The minimum Gasteiger partial charge on any atom is -0.461 e. The number of rotatable bonds is 3. The Morgan fingerprint density at radius 3 is 2.89 bits per heavy atom. The Bertz CT molecular complexity index is 622. The van der Waals surface area contributed by atoms with Gasteiger partial charge in [0, 0.05) is 10.6 Å². The van der Waals surface area contributed by atoms with Crippen LogP contribution >= 0.6 is 11.6 Å². The fourth-order valence-electron chi connectivity index (χ4n) is 1.71. The van der Waals surface area contributed by atoms with E-state index >= 15 is 0 Å². The molecule has 2 N–H and O–H groups in total. The zero-order valence-electron chi connectivity index (χ0n) is 10.7. The highest BCUT2D eigenvalue weighted by atomic mass is 35.5. The molecule has 6 heteroatoms. The molecule has 0 aliphatic rings. The lowest BCUT2D eigenvalue weighted by Gasteiger charge is -2.04. The molecule has 0 amide bonds. The third-order valence-corrected chi connectivity index (χ3v) is 2.92. The zero-order valence-corrected chi connectivity index (χ0v) is 11.4. The van der Waals surface area contributed by atoms with Crippen LogP contribution in [0.1, 0.15) is 23.0 Å². The van der Waals surface area contributed by atoms with Crippen molar-refractivity contribution < 1.29 is 9.53 Å². The minimum absolute atomic E-state index is 0.222. The number of halogens is 1. The minimum atomic E-state index is -0.479. The van der Waals surface area contributed by atoms with Crippen molar-refractivity contribution in [2.75, 3.05) is 12.3 Å². The summed E-state index contributed by atoms with van der Waals surface area (Å²) in [5.41, 5.74) is 7.48. The van der Waals surface area contributed by atoms with E-state index in [9.17, 15) is 4.79 Å². The van der Waals surface area contributed by atoms with E-state index < -0.39 is 5.97 Å². The van der Waals surface area contributed by atoms with E-state index in [0.717, 1.165) is 0 Å². The first-order valence-corrected chi connectivity index (χ1v) is 6.20. The van der Waals surface area contributed by atoms with Crippen molar-refractivity contribution in [2.24, 2.45) is 0 Å². The van der Waals surface area contributed by atoms with Crippen molar-refractivity contribution in [3.63, 3.8) is 0 Å². The van der Waals surface area contributed by atoms with Gasteiger partial charge in [0.15, 0.2) is 5.69 Å². The van der Waals surface area contributed by atoms with Gasteiger partial charge in [-0.15, -0.1) is 0 Å². The second kappa shape index (κ2) is 5.32. The van der Waals surface area contributed by atoms with Crippen molar-refractivity contribution in [3.8, 4) is 5.69 Å². The largest absolute Gasteiger partial charge is 0.461 e. The normalized spacial score (nSPS) is 10.5.